The van der Waals surface area contributed by atoms with Crippen LogP contribution in [-0.4, -0.2) is 28.3 Å². The van der Waals surface area contributed by atoms with Crippen molar-refractivity contribution in [3.05, 3.63) is 11.9 Å². The molecule has 0 aromatic carbocycles. The van der Waals surface area contributed by atoms with E-state index < -0.39 is 0 Å². The third-order valence-electron chi connectivity index (χ3n) is 3.21. The van der Waals surface area contributed by atoms with E-state index in [2.05, 4.69) is 33.2 Å². The average molecular weight is 266 g/mol. The van der Waals surface area contributed by atoms with Gasteiger partial charge in [0.05, 0.1) is 0 Å². The van der Waals surface area contributed by atoms with Crippen LogP contribution in [0.4, 0.5) is 11.6 Å². The summed E-state index contributed by atoms with van der Waals surface area (Å²) in [5.74, 6) is 3.43. The zero-order valence-electron chi connectivity index (χ0n) is 10.9. The lowest BCUT2D eigenvalue weighted by Gasteiger charge is -2.23. The number of hydrogen-bond acceptors (Lipinski definition) is 5. The highest BCUT2D eigenvalue weighted by atomic mass is 32.1. The fraction of sp³-hybridized carbons (Fsp3) is 0.692. The van der Waals surface area contributed by atoms with Crippen molar-refractivity contribution >= 4 is 24.3 Å². The minimum Gasteiger partial charge on any atom is -0.369 e. The number of nitrogens with zero attached hydrogens (tertiary/aromatic N) is 2. The molecule has 0 unspecified atom stereocenters. The molecule has 1 aromatic heterocycles. The quantitative estimate of drug-likeness (QED) is 0.717. The number of hydrogen-bond donors (Lipinski definition) is 3. The zero-order chi connectivity index (χ0) is 12.8. The monoisotopic (exact) mass is 266 g/mol. The van der Waals surface area contributed by atoms with E-state index in [1.54, 1.807) is 0 Å². The van der Waals surface area contributed by atoms with Crippen molar-refractivity contribution in [2.24, 2.45) is 0 Å². The molecule has 4 nitrogen and oxygen atoms in total. The van der Waals surface area contributed by atoms with Crippen LogP contribution in [-0.2, 0) is 0 Å². The van der Waals surface area contributed by atoms with Gasteiger partial charge in [-0.05, 0) is 19.8 Å². The van der Waals surface area contributed by atoms with E-state index in [-0.39, 0.29) is 0 Å². The van der Waals surface area contributed by atoms with Crippen LogP contribution in [0.15, 0.2) is 6.07 Å². The molecule has 0 radical (unpaired) electrons. The van der Waals surface area contributed by atoms with Gasteiger partial charge < -0.3 is 10.6 Å². The molecule has 2 N–H and O–H groups in total. The maximum atomic E-state index is 4.45. The van der Waals surface area contributed by atoms with Gasteiger partial charge in [-0.25, -0.2) is 9.97 Å². The predicted molar refractivity (Wildman–Crippen MR) is 79.6 cm³/mol. The summed E-state index contributed by atoms with van der Waals surface area (Å²) in [6.07, 6.45) is 6.53. The molecule has 0 amide bonds. The van der Waals surface area contributed by atoms with Crippen molar-refractivity contribution in [2.45, 2.75) is 45.1 Å². The van der Waals surface area contributed by atoms with Crippen LogP contribution >= 0.6 is 12.6 Å². The van der Waals surface area contributed by atoms with Gasteiger partial charge in [0.2, 0.25) is 0 Å². The Kier molecular flexibility index (Phi) is 5.11. The summed E-state index contributed by atoms with van der Waals surface area (Å²) in [6.45, 7) is 2.75. The van der Waals surface area contributed by atoms with E-state index in [1.165, 1.54) is 32.1 Å². The first-order valence-corrected chi connectivity index (χ1v) is 7.38. The van der Waals surface area contributed by atoms with Gasteiger partial charge in [-0.1, -0.05) is 19.3 Å². The molecule has 1 aliphatic rings. The summed E-state index contributed by atoms with van der Waals surface area (Å²) >= 11 is 4.19. The van der Waals surface area contributed by atoms with Crippen molar-refractivity contribution < 1.29 is 0 Å². The molecular weight excluding hydrogens is 244 g/mol. The van der Waals surface area contributed by atoms with Crippen LogP contribution in [0.5, 0.6) is 0 Å². The lowest BCUT2D eigenvalue weighted by atomic mass is 9.95. The second-order valence-electron chi connectivity index (χ2n) is 4.82. The Morgan fingerprint density at radius 2 is 1.94 bits per heavy atom. The van der Waals surface area contributed by atoms with E-state index in [0.717, 1.165) is 29.8 Å². The van der Waals surface area contributed by atoms with E-state index >= 15 is 0 Å². The minimum atomic E-state index is 0.575. The smallest absolute Gasteiger partial charge is 0.132 e. The fourth-order valence-electron chi connectivity index (χ4n) is 2.37. The van der Waals surface area contributed by atoms with Crippen LogP contribution in [0.25, 0.3) is 0 Å². The SMILES string of the molecule is Cc1nc(NCCS)cc(NC2CCCCC2)n1. The topological polar surface area (TPSA) is 49.8 Å². The molecule has 0 spiro atoms. The zero-order valence-corrected chi connectivity index (χ0v) is 11.8. The van der Waals surface area contributed by atoms with Crippen molar-refractivity contribution in [1.29, 1.82) is 0 Å². The summed E-state index contributed by atoms with van der Waals surface area (Å²) < 4.78 is 0. The van der Waals surface area contributed by atoms with Crippen LogP contribution in [0.2, 0.25) is 0 Å². The van der Waals surface area contributed by atoms with Crippen LogP contribution in [0.1, 0.15) is 37.9 Å². The minimum absolute atomic E-state index is 0.575. The maximum absolute atomic E-state index is 4.45. The molecule has 0 saturated heterocycles. The summed E-state index contributed by atoms with van der Waals surface area (Å²) in [5.41, 5.74) is 0. The number of rotatable bonds is 5. The van der Waals surface area contributed by atoms with Crippen LogP contribution in [0, 0.1) is 6.92 Å². The van der Waals surface area contributed by atoms with E-state index in [0.29, 0.717) is 6.04 Å². The Labute approximate surface area is 114 Å². The van der Waals surface area contributed by atoms with Crippen LogP contribution in [0.3, 0.4) is 0 Å². The molecule has 1 fully saturated rings. The summed E-state index contributed by atoms with van der Waals surface area (Å²) in [7, 11) is 0. The van der Waals surface area contributed by atoms with Gasteiger partial charge in [0, 0.05) is 24.4 Å². The molecule has 100 valence electrons. The number of aromatic nitrogens is 2. The van der Waals surface area contributed by atoms with Crippen molar-refractivity contribution in [3.63, 3.8) is 0 Å². The Balaban J connectivity index is 1.99. The fourth-order valence-corrected chi connectivity index (χ4v) is 2.48. The van der Waals surface area contributed by atoms with Crippen molar-refractivity contribution in [3.8, 4) is 0 Å². The third-order valence-corrected chi connectivity index (χ3v) is 3.44. The Hall–Kier alpha value is -0.970. The molecule has 18 heavy (non-hydrogen) atoms. The molecule has 1 heterocycles. The van der Waals surface area contributed by atoms with E-state index in [4.69, 9.17) is 0 Å². The molecule has 5 heteroatoms. The number of anilines is 2. The van der Waals surface area contributed by atoms with Gasteiger partial charge in [0.1, 0.15) is 17.5 Å². The Bertz CT molecular complexity index is 377. The first-order chi connectivity index (χ1) is 8.78. The third kappa shape index (κ3) is 4.05. The lowest BCUT2D eigenvalue weighted by molar-refractivity contribution is 0.462. The van der Waals surface area contributed by atoms with E-state index in [1.807, 2.05) is 13.0 Å². The molecular formula is C13H22N4S. The molecule has 0 atom stereocenters. The molecule has 1 aromatic rings. The highest BCUT2D eigenvalue weighted by Crippen LogP contribution is 2.21. The Morgan fingerprint density at radius 3 is 2.67 bits per heavy atom. The first kappa shape index (κ1) is 13.5. The van der Waals surface area contributed by atoms with Gasteiger partial charge in [0.15, 0.2) is 0 Å². The van der Waals surface area contributed by atoms with Gasteiger partial charge in [-0.2, -0.15) is 12.6 Å². The first-order valence-electron chi connectivity index (χ1n) is 6.75. The normalized spacial score (nSPS) is 16.6. The lowest BCUT2D eigenvalue weighted by Crippen LogP contribution is -2.23. The number of thiol groups is 1. The second-order valence-corrected chi connectivity index (χ2v) is 5.26. The predicted octanol–water partition coefficient (Wildman–Crippen LogP) is 2.87. The van der Waals surface area contributed by atoms with Crippen molar-refractivity contribution in [2.75, 3.05) is 22.9 Å². The van der Waals surface area contributed by atoms with Gasteiger partial charge in [-0.15, -0.1) is 0 Å². The number of nitrogens with one attached hydrogen (secondary N) is 2. The van der Waals surface area contributed by atoms with E-state index in [9.17, 15) is 0 Å². The van der Waals surface area contributed by atoms with Gasteiger partial charge >= 0.3 is 0 Å². The molecule has 2 rings (SSSR count). The molecule has 1 saturated carbocycles. The van der Waals surface area contributed by atoms with Gasteiger partial charge in [0.25, 0.3) is 0 Å². The maximum Gasteiger partial charge on any atom is 0.132 e. The highest BCUT2D eigenvalue weighted by Gasteiger charge is 2.14. The van der Waals surface area contributed by atoms with Gasteiger partial charge in [-0.3, -0.25) is 0 Å². The Morgan fingerprint density at radius 1 is 1.22 bits per heavy atom. The average Bonchev–Trinajstić information content (AvgIpc) is 2.37. The largest absolute Gasteiger partial charge is 0.369 e. The summed E-state index contributed by atoms with van der Waals surface area (Å²) in [4.78, 5) is 8.82. The molecule has 0 bridgehead atoms. The van der Waals surface area contributed by atoms with Crippen LogP contribution < -0.4 is 10.6 Å². The summed E-state index contributed by atoms with van der Waals surface area (Å²) in [6, 6.07) is 2.57. The molecule has 1 aliphatic carbocycles. The second kappa shape index (κ2) is 6.83. The summed E-state index contributed by atoms with van der Waals surface area (Å²) in [5, 5.41) is 6.77. The highest BCUT2D eigenvalue weighted by molar-refractivity contribution is 7.80. The standard InChI is InChI=1S/C13H22N4S/c1-10-15-12(14-7-8-18)9-13(16-10)17-11-5-3-2-4-6-11/h9,11,18H,2-8H2,1H3,(H2,14,15,16,17). The molecule has 0 aliphatic heterocycles. The van der Waals surface area contributed by atoms with Crippen molar-refractivity contribution in [1.82, 2.24) is 9.97 Å². The number of aryl methyl sites for hydroxylation is 1.